The number of benzene rings is 1. The Balaban J connectivity index is 1.52. The predicted octanol–water partition coefficient (Wildman–Crippen LogP) is 4.50. The zero-order valence-corrected chi connectivity index (χ0v) is 16.5. The summed E-state index contributed by atoms with van der Waals surface area (Å²) in [5.74, 6) is 0.442. The van der Waals surface area contributed by atoms with Gasteiger partial charge in [-0.05, 0) is 37.3 Å². The molecule has 1 aliphatic rings. The second kappa shape index (κ2) is 7.69. The lowest BCUT2D eigenvalue weighted by Crippen LogP contribution is -2.35. The lowest BCUT2D eigenvalue weighted by atomic mass is 9.85. The number of anilines is 3. The first-order chi connectivity index (χ1) is 13.4. The van der Waals surface area contributed by atoms with Crippen molar-refractivity contribution >= 4 is 51.9 Å². The molecule has 4 N–H and O–H groups in total. The molecule has 4 rings (SSSR count). The van der Waals surface area contributed by atoms with E-state index in [4.69, 9.17) is 23.2 Å². The third-order valence-electron chi connectivity index (χ3n) is 4.98. The van der Waals surface area contributed by atoms with E-state index in [0.717, 1.165) is 12.8 Å². The van der Waals surface area contributed by atoms with Crippen molar-refractivity contribution in [1.29, 1.82) is 0 Å². The highest BCUT2D eigenvalue weighted by Crippen LogP contribution is 2.31. The van der Waals surface area contributed by atoms with Crippen LogP contribution in [0.3, 0.4) is 0 Å². The smallest absolute Gasteiger partial charge is 0.225 e. The largest absolute Gasteiger partial charge is 0.393 e. The van der Waals surface area contributed by atoms with Gasteiger partial charge in [-0.25, -0.2) is 9.37 Å². The molecule has 1 fully saturated rings. The van der Waals surface area contributed by atoms with E-state index in [0.29, 0.717) is 29.5 Å². The summed E-state index contributed by atoms with van der Waals surface area (Å²) in [5.41, 5.74) is 1.09. The number of aliphatic hydroxyl groups is 1. The third kappa shape index (κ3) is 3.99. The highest BCUT2D eigenvalue weighted by atomic mass is 35.5. The molecular weight excluding hydrogens is 406 g/mol. The van der Waals surface area contributed by atoms with Gasteiger partial charge in [0.2, 0.25) is 11.9 Å². The number of nitrogens with zero attached hydrogens (tertiary/aromatic N) is 3. The summed E-state index contributed by atoms with van der Waals surface area (Å²) in [6.07, 6.45) is 3.83. The molecular formula is C18H19Cl2FN6O. The van der Waals surface area contributed by atoms with Crippen LogP contribution in [0, 0.1) is 11.7 Å². The van der Waals surface area contributed by atoms with Crippen LogP contribution >= 0.6 is 23.2 Å². The van der Waals surface area contributed by atoms with Gasteiger partial charge in [-0.15, -0.1) is 0 Å². The summed E-state index contributed by atoms with van der Waals surface area (Å²) in [7, 11) is 0. The molecule has 1 aromatic carbocycles. The normalized spacial score (nSPS) is 22.4. The molecule has 7 nitrogen and oxygen atoms in total. The fraction of sp³-hybridized carbons (Fsp3) is 0.389. The zero-order valence-electron chi connectivity index (χ0n) is 15.0. The molecule has 28 heavy (non-hydrogen) atoms. The highest BCUT2D eigenvalue weighted by Gasteiger charge is 2.26. The predicted molar refractivity (Wildman–Crippen MR) is 108 cm³/mol. The molecule has 2 heterocycles. The van der Waals surface area contributed by atoms with Gasteiger partial charge in [-0.1, -0.05) is 30.1 Å². The van der Waals surface area contributed by atoms with E-state index < -0.39 is 5.82 Å². The van der Waals surface area contributed by atoms with Crippen molar-refractivity contribution in [1.82, 2.24) is 19.9 Å². The maximum Gasteiger partial charge on any atom is 0.225 e. The first kappa shape index (κ1) is 19.2. The summed E-state index contributed by atoms with van der Waals surface area (Å²) in [5, 5.41) is 16.5. The fourth-order valence-corrected chi connectivity index (χ4v) is 3.84. The van der Waals surface area contributed by atoms with E-state index in [1.165, 1.54) is 12.1 Å². The summed E-state index contributed by atoms with van der Waals surface area (Å²) < 4.78 is 14.1. The van der Waals surface area contributed by atoms with Gasteiger partial charge in [0.05, 0.1) is 23.0 Å². The number of H-pyrrole nitrogens is 1. The molecule has 0 amide bonds. The fourth-order valence-electron chi connectivity index (χ4n) is 3.33. The Morgan fingerprint density at radius 2 is 2.07 bits per heavy atom. The van der Waals surface area contributed by atoms with Gasteiger partial charge in [-0.2, -0.15) is 9.97 Å². The Morgan fingerprint density at radius 1 is 1.25 bits per heavy atom. The third-order valence-corrected chi connectivity index (χ3v) is 5.49. The van der Waals surface area contributed by atoms with Crippen molar-refractivity contribution in [3.63, 3.8) is 0 Å². The first-order valence-corrected chi connectivity index (χ1v) is 9.73. The van der Waals surface area contributed by atoms with E-state index in [9.17, 15) is 9.50 Å². The SMILES string of the molecule is C[C@@H]1CC[C@@H](Nc2ncc3[nH]c(Nc4c(F)cc(Cl)cc4Cl)nc3n2)C[C@H]1O. The van der Waals surface area contributed by atoms with Crippen LogP contribution in [0.15, 0.2) is 18.3 Å². The van der Waals surface area contributed by atoms with E-state index in [-0.39, 0.29) is 33.8 Å². The van der Waals surface area contributed by atoms with Crippen LogP contribution in [0.1, 0.15) is 26.2 Å². The van der Waals surface area contributed by atoms with Crippen molar-refractivity contribution in [2.45, 2.75) is 38.3 Å². The van der Waals surface area contributed by atoms with Gasteiger partial charge in [-0.3, -0.25) is 0 Å². The van der Waals surface area contributed by atoms with Crippen LogP contribution in [0.4, 0.5) is 22.0 Å². The maximum absolute atomic E-state index is 14.1. The Hall–Kier alpha value is -2.16. The number of aromatic amines is 1. The van der Waals surface area contributed by atoms with Crippen molar-refractivity contribution in [3.8, 4) is 0 Å². The quantitative estimate of drug-likeness (QED) is 0.491. The average molecular weight is 425 g/mol. The van der Waals surface area contributed by atoms with Crippen LogP contribution < -0.4 is 10.6 Å². The highest BCUT2D eigenvalue weighted by molar-refractivity contribution is 6.36. The summed E-state index contributed by atoms with van der Waals surface area (Å²) >= 11 is 11.8. The van der Waals surface area contributed by atoms with Gasteiger partial charge >= 0.3 is 0 Å². The van der Waals surface area contributed by atoms with Crippen molar-refractivity contribution in [3.05, 3.63) is 34.2 Å². The number of nitrogens with one attached hydrogen (secondary N) is 3. The molecule has 3 aromatic rings. The molecule has 0 spiro atoms. The van der Waals surface area contributed by atoms with E-state index in [2.05, 4.69) is 37.5 Å². The van der Waals surface area contributed by atoms with Crippen LogP contribution in [0.5, 0.6) is 0 Å². The molecule has 10 heteroatoms. The minimum absolute atomic E-state index is 0.0711. The molecule has 0 saturated heterocycles. The van der Waals surface area contributed by atoms with Crippen LogP contribution in [-0.4, -0.2) is 37.2 Å². The molecule has 2 aromatic heterocycles. The second-order valence-corrected chi connectivity index (χ2v) is 7.93. The van der Waals surface area contributed by atoms with E-state index in [1.54, 1.807) is 6.20 Å². The minimum Gasteiger partial charge on any atom is -0.393 e. The van der Waals surface area contributed by atoms with Crippen LogP contribution in [-0.2, 0) is 0 Å². The molecule has 3 atom stereocenters. The first-order valence-electron chi connectivity index (χ1n) is 8.98. The van der Waals surface area contributed by atoms with Crippen molar-refractivity contribution in [2.75, 3.05) is 10.6 Å². The topological polar surface area (TPSA) is 98.8 Å². The van der Waals surface area contributed by atoms with Gasteiger partial charge in [0.1, 0.15) is 11.3 Å². The van der Waals surface area contributed by atoms with Crippen molar-refractivity contribution < 1.29 is 9.50 Å². The maximum atomic E-state index is 14.1. The number of aliphatic hydroxyl groups excluding tert-OH is 1. The number of imidazole rings is 1. The second-order valence-electron chi connectivity index (χ2n) is 7.08. The molecule has 1 aliphatic carbocycles. The van der Waals surface area contributed by atoms with Gasteiger partial charge < -0.3 is 20.7 Å². The Bertz CT molecular complexity index is 990. The van der Waals surface area contributed by atoms with Crippen LogP contribution in [0.25, 0.3) is 11.2 Å². The van der Waals surface area contributed by atoms with Crippen LogP contribution in [0.2, 0.25) is 10.0 Å². The molecule has 148 valence electrons. The number of halogens is 3. The molecule has 1 saturated carbocycles. The van der Waals surface area contributed by atoms with Crippen molar-refractivity contribution in [2.24, 2.45) is 5.92 Å². The number of aromatic nitrogens is 4. The minimum atomic E-state index is -0.587. The molecule has 0 bridgehead atoms. The van der Waals surface area contributed by atoms with Gasteiger partial charge in [0.25, 0.3) is 0 Å². The number of hydrogen-bond acceptors (Lipinski definition) is 6. The molecule has 0 aliphatic heterocycles. The van der Waals surface area contributed by atoms with Gasteiger partial charge in [0.15, 0.2) is 5.65 Å². The van der Waals surface area contributed by atoms with E-state index >= 15 is 0 Å². The lowest BCUT2D eigenvalue weighted by molar-refractivity contribution is 0.0739. The number of fused-ring (bicyclic) bond motifs is 1. The standard InChI is InChI=1S/C18H19Cl2FN6O/c1-8-2-3-10(6-14(8)28)23-17-22-7-13-16(26-17)27-18(24-13)25-15-11(20)4-9(19)5-12(15)21/h4-5,7-8,10,14,28H,2-3,6H2,1H3,(H3,22,23,24,25,26,27)/t8-,10-,14-/m1/s1. The molecule has 0 radical (unpaired) electrons. The Labute approximate surface area is 170 Å². The summed E-state index contributed by atoms with van der Waals surface area (Å²) in [4.78, 5) is 16.0. The Morgan fingerprint density at radius 3 is 2.82 bits per heavy atom. The Kier molecular flexibility index (Phi) is 5.27. The summed E-state index contributed by atoms with van der Waals surface area (Å²) in [6, 6.07) is 2.72. The number of rotatable bonds is 4. The number of hydrogen-bond donors (Lipinski definition) is 4. The zero-order chi connectivity index (χ0) is 19.8. The molecule has 0 unspecified atom stereocenters. The average Bonchev–Trinajstić information content (AvgIpc) is 3.03. The van der Waals surface area contributed by atoms with Gasteiger partial charge in [0, 0.05) is 11.1 Å². The monoisotopic (exact) mass is 424 g/mol. The lowest BCUT2D eigenvalue weighted by Gasteiger charge is -2.31. The van der Waals surface area contributed by atoms with E-state index in [1.807, 2.05) is 0 Å². The summed E-state index contributed by atoms with van der Waals surface area (Å²) in [6.45, 7) is 2.05.